The number of hydrogen-bond donors (Lipinski definition) is 1. The second-order valence-corrected chi connectivity index (χ2v) is 4.21. The van der Waals surface area contributed by atoms with Crippen molar-refractivity contribution in [2.24, 2.45) is 0 Å². The second-order valence-electron chi connectivity index (χ2n) is 4.21. The highest BCUT2D eigenvalue weighted by Crippen LogP contribution is 2.19. The van der Waals surface area contributed by atoms with Gasteiger partial charge < -0.3 is 10.1 Å². The zero-order valence-electron chi connectivity index (χ0n) is 10.8. The average Bonchev–Trinajstić information content (AvgIpc) is 2.36. The maximum absolute atomic E-state index is 8.88. The molecule has 0 aromatic heterocycles. The normalized spacial score (nSPS) is 11.9. The van der Waals surface area contributed by atoms with Crippen LogP contribution in [0.15, 0.2) is 18.2 Å². The molecule has 1 unspecified atom stereocenters. The molecule has 1 N–H and O–H groups in total. The molecule has 0 spiro atoms. The summed E-state index contributed by atoms with van der Waals surface area (Å²) in [5.74, 6) is 0.834. The Balaban J connectivity index is 2.71. The molecule has 0 bridgehead atoms. The zero-order valence-corrected chi connectivity index (χ0v) is 10.8. The van der Waals surface area contributed by atoms with Gasteiger partial charge in [-0.1, -0.05) is 13.3 Å². The van der Waals surface area contributed by atoms with Gasteiger partial charge in [-0.3, -0.25) is 0 Å². The van der Waals surface area contributed by atoms with Gasteiger partial charge in [-0.05, 0) is 31.5 Å². The van der Waals surface area contributed by atoms with E-state index in [1.54, 1.807) is 13.2 Å². The summed E-state index contributed by atoms with van der Waals surface area (Å²) in [6, 6.07) is 8.13. The predicted molar refractivity (Wildman–Crippen MR) is 68.9 cm³/mol. The molecule has 0 heterocycles. The van der Waals surface area contributed by atoms with Crippen molar-refractivity contribution < 1.29 is 4.74 Å². The van der Waals surface area contributed by atoms with Crippen molar-refractivity contribution in [2.75, 3.05) is 7.11 Å². The monoisotopic (exact) mass is 232 g/mol. The lowest BCUT2D eigenvalue weighted by molar-refractivity contribution is 0.404. The Morgan fingerprint density at radius 2 is 2.24 bits per heavy atom. The van der Waals surface area contributed by atoms with Crippen LogP contribution in [0.4, 0.5) is 0 Å². The minimum atomic E-state index is 0.482. The van der Waals surface area contributed by atoms with Crippen LogP contribution in [-0.4, -0.2) is 13.2 Å². The highest BCUT2D eigenvalue weighted by Gasteiger charge is 2.06. The van der Waals surface area contributed by atoms with Gasteiger partial charge in [-0.15, -0.1) is 0 Å². The van der Waals surface area contributed by atoms with Crippen molar-refractivity contribution in [1.82, 2.24) is 5.32 Å². The van der Waals surface area contributed by atoms with Crippen LogP contribution in [0, 0.1) is 11.3 Å². The molecule has 92 valence electrons. The summed E-state index contributed by atoms with van der Waals surface area (Å²) in [5, 5.41) is 12.3. The van der Waals surface area contributed by atoms with Crippen LogP contribution in [0.2, 0.25) is 0 Å². The third-order valence-corrected chi connectivity index (χ3v) is 2.77. The molecule has 0 aliphatic carbocycles. The topological polar surface area (TPSA) is 45.0 Å². The van der Waals surface area contributed by atoms with Crippen LogP contribution >= 0.6 is 0 Å². The van der Waals surface area contributed by atoms with E-state index >= 15 is 0 Å². The average molecular weight is 232 g/mol. The molecular formula is C14H20N2O. The number of rotatable bonds is 6. The summed E-state index contributed by atoms with van der Waals surface area (Å²) >= 11 is 0. The second kappa shape index (κ2) is 6.93. The molecule has 3 nitrogen and oxygen atoms in total. The van der Waals surface area contributed by atoms with Gasteiger partial charge in [0.05, 0.1) is 18.7 Å². The number of nitrogens with one attached hydrogen (secondary N) is 1. The van der Waals surface area contributed by atoms with Gasteiger partial charge in [0.25, 0.3) is 0 Å². The summed E-state index contributed by atoms with van der Waals surface area (Å²) in [7, 11) is 1.65. The lowest BCUT2D eigenvalue weighted by Gasteiger charge is -2.14. The van der Waals surface area contributed by atoms with Crippen LogP contribution in [0.25, 0.3) is 0 Å². The van der Waals surface area contributed by atoms with Gasteiger partial charge in [0, 0.05) is 18.2 Å². The standard InChI is InChI=1S/C14H20N2O/c1-4-5-11(2)16-10-13-8-12(9-15)6-7-14(13)17-3/h6-8,11,16H,4-5,10H2,1-3H3. The van der Waals surface area contributed by atoms with Crippen LogP contribution in [0.3, 0.4) is 0 Å². The molecule has 17 heavy (non-hydrogen) atoms. The smallest absolute Gasteiger partial charge is 0.123 e. The molecule has 0 radical (unpaired) electrons. The summed E-state index contributed by atoms with van der Waals surface area (Å²) in [4.78, 5) is 0. The number of benzene rings is 1. The van der Waals surface area contributed by atoms with Crippen molar-refractivity contribution in [3.05, 3.63) is 29.3 Å². The molecule has 0 saturated heterocycles. The first-order chi connectivity index (χ1) is 8.21. The van der Waals surface area contributed by atoms with Crippen molar-refractivity contribution in [3.63, 3.8) is 0 Å². The molecule has 0 aliphatic heterocycles. The van der Waals surface area contributed by atoms with E-state index in [1.165, 1.54) is 6.42 Å². The van der Waals surface area contributed by atoms with Crippen LogP contribution in [-0.2, 0) is 6.54 Å². The van der Waals surface area contributed by atoms with Crippen LogP contribution < -0.4 is 10.1 Å². The van der Waals surface area contributed by atoms with Crippen molar-refractivity contribution in [3.8, 4) is 11.8 Å². The number of methoxy groups -OCH3 is 1. The van der Waals surface area contributed by atoms with E-state index in [0.29, 0.717) is 11.6 Å². The van der Waals surface area contributed by atoms with Gasteiger partial charge in [0.1, 0.15) is 5.75 Å². The third kappa shape index (κ3) is 4.08. The largest absolute Gasteiger partial charge is 0.496 e. The van der Waals surface area contributed by atoms with E-state index in [9.17, 15) is 0 Å². The molecule has 1 rings (SSSR count). The lowest BCUT2D eigenvalue weighted by Crippen LogP contribution is -2.25. The lowest BCUT2D eigenvalue weighted by atomic mass is 10.1. The van der Waals surface area contributed by atoms with Gasteiger partial charge in [-0.2, -0.15) is 5.26 Å². The van der Waals surface area contributed by atoms with E-state index in [1.807, 2.05) is 12.1 Å². The van der Waals surface area contributed by atoms with E-state index in [2.05, 4.69) is 25.2 Å². The first-order valence-corrected chi connectivity index (χ1v) is 6.01. The summed E-state index contributed by atoms with van der Waals surface area (Å²) < 4.78 is 5.29. The Bertz CT molecular complexity index is 396. The molecule has 1 aromatic rings. The summed E-state index contributed by atoms with van der Waals surface area (Å²) in [6.07, 6.45) is 2.32. The maximum atomic E-state index is 8.88. The maximum Gasteiger partial charge on any atom is 0.123 e. The quantitative estimate of drug-likeness (QED) is 0.820. The van der Waals surface area contributed by atoms with Crippen LogP contribution in [0.1, 0.15) is 37.8 Å². The number of hydrogen-bond acceptors (Lipinski definition) is 3. The fraction of sp³-hybridized carbons (Fsp3) is 0.500. The van der Waals surface area contributed by atoms with Crippen molar-refractivity contribution in [1.29, 1.82) is 5.26 Å². The first-order valence-electron chi connectivity index (χ1n) is 6.01. The van der Waals surface area contributed by atoms with Crippen molar-refractivity contribution >= 4 is 0 Å². The van der Waals surface area contributed by atoms with E-state index in [-0.39, 0.29) is 0 Å². The molecule has 1 atom stereocenters. The predicted octanol–water partition coefficient (Wildman–Crippen LogP) is 2.85. The SMILES string of the molecule is CCCC(C)NCc1cc(C#N)ccc1OC. The van der Waals surface area contributed by atoms with E-state index < -0.39 is 0 Å². The highest BCUT2D eigenvalue weighted by molar-refractivity contribution is 5.41. The Morgan fingerprint density at radius 3 is 2.82 bits per heavy atom. The Labute approximate surface area is 103 Å². The van der Waals surface area contributed by atoms with Crippen LogP contribution in [0.5, 0.6) is 5.75 Å². The Morgan fingerprint density at radius 1 is 1.47 bits per heavy atom. The molecule has 0 aliphatic rings. The Kier molecular flexibility index (Phi) is 5.51. The van der Waals surface area contributed by atoms with Gasteiger partial charge >= 0.3 is 0 Å². The minimum absolute atomic E-state index is 0.482. The van der Waals surface area contributed by atoms with Gasteiger partial charge in [-0.25, -0.2) is 0 Å². The molecular weight excluding hydrogens is 212 g/mol. The highest BCUT2D eigenvalue weighted by atomic mass is 16.5. The first kappa shape index (κ1) is 13.5. The Hall–Kier alpha value is -1.53. The molecule has 0 saturated carbocycles. The molecule has 0 amide bonds. The van der Waals surface area contributed by atoms with E-state index in [0.717, 1.165) is 24.3 Å². The number of ether oxygens (including phenoxy) is 1. The minimum Gasteiger partial charge on any atom is -0.496 e. The van der Waals surface area contributed by atoms with Gasteiger partial charge in [0.15, 0.2) is 0 Å². The zero-order chi connectivity index (χ0) is 12.7. The fourth-order valence-corrected chi connectivity index (χ4v) is 1.81. The van der Waals surface area contributed by atoms with Crippen molar-refractivity contribution in [2.45, 2.75) is 39.3 Å². The van der Waals surface area contributed by atoms with E-state index in [4.69, 9.17) is 10.00 Å². The molecule has 3 heteroatoms. The number of nitrogens with zero attached hydrogens (tertiary/aromatic N) is 1. The fourth-order valence-electron chi connectivity index (χ4n) is 1.81. The number of nitriles is 1. The summed E-state index contributed by atoms with van der Waals surface area (Å²) in [5.41, 5.74) is 1.71. The van der Waals surface area contributed by atoms with Gasteiger partial charge in [0.2, 0.25) is 0 Å². The summed E-state index contributed by atoms with van der Waals surface area (Å²) in [6.45, 7) is 5.08. The third-order valence-electron chi connectivity index (χ3n) is 2.77. The molecule has 0 fully saturated rings. The molecule has 1 aromatic carbocycles.